The summed E-state index contributed by atoms with van der Waals surface area (Å²) in [5, 5.41) is 5.97. The molecule has 4 aromatic heterocycles. The lowest BCUT2D eigenvalue weighted by molar-refractivity contribution is -0.155. The molecule has 5 heterocycles. The van der Waals surface area contributed by atoms with Gasteiger partial charge in [0.25, 0.3) is 0 Å². The summed E-state index contributed by atoms with van der Waals surface area (Å²) in [6.07, 6.45) is 6.57. The first-order valence-corrected chi connectivity index (χ1v) is 13.7. The zero-order valence-corrected chi connectivity index (χ0v) is 22.9. The van der Waals surface area contributed by atoms with E-state index in [0.29, 0.717) is 72.8 Å². The summed E-state index contributed by atoms with van der Waals surface area (Å²) in [5.74, 6) is 0.468. The fraction of sp³-hybridized carbons (Fsp3) is 0.370. The molecule has 1 aliphatic rings. The molecule has 1 fully saturated rings. The van der Waals surface area contributed by atoms with Gasteiger partial charge in [-0.1, -0.05) is 17.4 Å². The van der Waals surface area contributed by atoms with Crippen molar-refractivity contribution in [2.75, 3.05) is 36.5 Å². The van der Waals surface area contributed by atoms with Crippen LogP contribution in [0.1, 0.15) is 33.6 Å². The Bertz CT molecular complexity index is 1470. The van der Waals surface area contributed by atoms with E-state index in [0.717, 1.165) is 10.3 Å². The van der Waals surface area contributed by atoms with Gasteiger partial charge in [-0.2, -0.15) is 0 Å². The normalized spacial score (nSPS) is 14.7. The van der Waals surface area contributed by atoms with E-state index < -0.39 is 5.41 Å². The number of hydrogen-bond donors (Lipinski definition) is 2. The lowest BCUT2D eigenvalue weighted by atomic mass is 9.80. The van der Waals surface area contributed by atoms with Gasteiger partial charge in [0.2, 0.25) is 5.95 Å². The maximum Gasteiger partial charge on any atom is 0.321 e. The number of nitrogens with zero attached hydrogens (tertiary/aromatic N) is 6. The van der Waals surface area contributed by atoms with E-state index in [9.17, 15) is 9.59 Å². The maximum absolute atomic E-state index is 12.4. The van der Waals surface area contributed by atoms with Crippen LogP contribution < -0.4 is 15.5 Å². The van der Waals surface area contributed by atoms with Gasteiger partial charge >= 0.3 is 12.0 Å². The lowest BCUT2D eigenvalue weighted by Crippen LogP contribution is -2.44. The van der Waals surface area contributed by atoms with Crippen LogP contribution in [0.2, 0.25) is 0 Å². The van der Waals surface area contributed by atoms with E-state index in [1.807, 2.05) is 45.0 Å². The smallest absolute Gasteiger partial charge is 0.321 e. The van der Waals surface area contributed by atoms with Crippen molar-refractivity contribution in [1.29, 1.82) is 0 Å². The van der Waals surface area contributed by atoms with E-state index in [-0.39, 0.29) is 12.0 Å². The summed E-state index contributed by atoms with van der Waals surface area (Å²) in [6.45, 7) is 7.88. The molecule has 39 heavy (non-hydrogen) atoms. The molecule has 0 radical (unpaired) electrons. The molecule has 1 aliphatic heterocycles. The molecule has 2 amide bonds. The molecule has 0 aromatic carbocycles. The number of esters is 1. The number of ether oxygens (including phenoxy) is 1. The van der Waals surface area contributed by atoms with Gasteiger partial charge < -0.3 is 15.0 Å². The van der Waals surface area contributed by atoms with Gasteiger partial charge in [-0.25, -0.2) is 24.7 Å². The summed E-state index contributed by atoms with van der Waals surface area (Å²) in [5.41, 5.74) is 2.97. The summed E-state index contributed by atoms with van der Waals surface area (Å²) in [7, 11) is 0. The van der Waals surface area contributed by atoms with Gasteiger partial charge in [-0.15, -0.1) is 0 Å². The molecule has 11 nitrogen and oxygen atoms in total. The van der Waals surface area contributed by atoms with Crippen LogP contribution in [0.25, 0.3) is 32.9 Å². The highest BCUT2D eigenvalue weighted by Gasteiger charge is 2.38. The first-order valence-electron chi connectivity index (χ1n) is 12.9. The van der Waals surface area contributed by atoms with Crippen LogP contribution in [-0.4, -0.2) is 63.2 Å². The molecule has 0 bridgehead atoms. The average Bonchev–Trinajstić information content (AvgIpc) is 3.36. The summed E-state index contributed by atoms with van der Waals surface area (Å²) >= 11 is 1.35. The van der Waals surface area contributed by atoms with Gasteiger partial charge in [0.15, 0.2) is 5.13 Å². The molecule has 0 saturated carbocycles. The van der Waals surface area contributed by atoms with Crippen molar-refractivity contribution in [3.63, 3.8) is 0 Å². The molecular weight excluding hydrogens is 516 g/mol. The van der Waals surface area contributed by atoms with Gasteiger partial charge in [0, 0.05) is 43.8 Å². The van der Waals surface area contributed by atoms with E-state index in [4.69, 9.17) is 9.72 Å². The molecule has 4 aromatic rings. The zero-order valence-electron chi connectivity index (χ0n) is 22.1. The number of nitrogens with one attached hydrogen (secondary N) is 2. The Morgan fingerprint density at radius 1 is 1.08 bits per heavy atom. The van der Waals surface area contributed by atoms with Gasteiger partial charge in [-0.05, 0) is 51.8 Å². The fourth-order valence-electron chi connectivity index (χ4n) is 4.44. The van der Waals surface area contributed by atoms with Crippen LogP contribution in [-0.2, 0) is 9.53 Å². The molecule has 0 unspecified atom stereocenters. The third kappa shape index (κ3) is 5.65. The van der Waals surface area contributed by atoms with Gasteiger partial charge in [0.05, 0.1) is 33.6 Å². The van der Waals surface area contributed by atoms with Crippen LogP contribution in [0.5, 0.6) is 0 Å². The number of aromatic nitrogens is 5. The second-order valence-electron chi connectivity index (χ2n) is 9.46. The molecule has 0 spiro atoms. The predicted molar refractivity (Wildman–Crippen MR) is 151 cm³/mol. The highest BCUT2D eigenvalue weighted by Crippen LogP contribution is 2.36. The van der Waals surface area contributed by atoms with Crippen molar-refractivity contribution < 1.29 is 14.3 Å². The second kappa shape index (κ2) is 11.3. The third-order valence-corrected chi connectivity index (χ3v) is 7.68. The molecule has 202 valence electrons. The topological polar surface area (TPSA) is 135 Å². The van der Waals surface area contributed by atoms with E-state index in [1.54, 1.807) is 18.6 Å². The first kappa shape index (κ1) is 26.4. The van der Waals surface area contributed by atoms with Crippen LogP contribution in [0.4, 0.5) is 15.9 Å². The minimum absolute atomic E-state index is 0.141. The summed E-state index contributed by atoms with van der Waals surface area (Å²) in [4.78, 5) is 49.8. The van der Waals surface area contributed by atoms with Crippen molar-refractivity contribution in [2.45, 2.75) is 33.6 Å². The average molecular weight is 547 g/mol. The Morgan fingerprint density at radius 3 is 2.51 bits per heavy atom. The van der Waals surface area contributed by atoms with Crippen LogP contribution in [0.15, 0.2) is 42.9 Å². The Hall–Kier alpha value is -4.19. The minimum atomic E-state index is -0.480. The lowest BCUT2D eigenvalue weighted by Gasteiger charge is -2.37. The Morgan fingerprint density at radius 2 is 1.85 bits per heavy atom. The maximum atomic E-state index is 12.4. The molecule has 2 N–H and O–H groups in total. The van der Waals surface area contributed by atoms with E-state index >= 15 is 0 Å². The van der Waals surface area contributed by atoms with Crippen molar-refractivity contribution in [3.05, 3.63) is 42.9 Å². The predicted octanol–water partition coefficient (Wildman–Crippen LogP) is 4.52. The van der Waals surface area contributed by atoms with Gasteiger partial charge in [0.1, 0.15) is 5.69 Å². The van der Waals surface area contributed by atoms with Crippen molar-refractivity contribution >= 4 is 44.6 Å². The fourth-order valence-corrected chi connectivity index (χ4v) is 5.38. The molecule has 0 aliphatic carbocycles. The van der Waals surface area contributed by atoms with Crippen molar-refractivity contribution in [1.82, 2.24) is 30.2 Å². The van der Waals surface area contributed by atoms with Gasteiger partial charge in [-0.3, -0.25) is 15.1 Å². The third-order valence-electron chi connectivity index (χ3n) is 6.69. The number of fused-ring (bicyclic) bond motifs is 1. The highest BCUT2D eigenvalue weighted by molar-refractivity contribution is 7.22. The summed E-state index contributed by atoms with van der Waals surface area (Å²) < 4.78 is 6.08. The second-order valence-corrected chi connectivity index (χ2v) is 10.5. The Labute approximate surface area is 230 Å². The number of rotatable bonds is 7. The standard InChI is InChI=1S/C27H30N8O3S/c1-4-28-25(37)34-26-33-20-14-19(32-21(22(20)39-26)18-8-6-7-11-29-18)17-15-30-24(31-16-17)35-12-9-27(3,10-13-35)23(36)38-5-2/h6-8,11,14-16H,4-5,9-10,12-13H2,1-3H3,(H2,28,33,34,37). The Kier molecular flexibility index (Phi) is 7.64. The number of anilines is 2. The number of urea groups is 1. The van der Waals surface area contributed by atoms with E-state index in [2.05, 4.69) is 35.5 Å². The molecule has 0 atom stereocenters. The van der Waals surface area contributed by atoms with Crippen molar-refractivity contribution in [2.24, 2.45) is 5.41 Å². The number of amides is 2. The number of hydrogen-bond acceptors (Lipinski definition) is 10. The Balaban J connectivity index is 1.42. The number of thiazole rings is 1. The first-order chi connectivity index (χ1) is 18.9. The number of carbonyl (C=O) groups is 2. The number of piperidine rings is 1. The monoisotopic (exact) mass is 546 g/mol. The summed E-state index contributed by atoms with van der Waals surface area (Å²) in [6, 6.07) is 7.20. The SMILES string of the molecule is CCNC(=O)Nc1nc2cc(-c3cnc(N4CCC(C)(C(=O)OCC)CC4)nc3)nc(-c3ccccn3)c2s1. The number of pyridine rings is 2. The molecule has 1 saturated heterocycles. The molecule has 5 rings (SSSR count). The largest absolute Gasteiger partial charge is 0.466 e. The zero-order chi connectivity index (χ0) is 27.4. The van der Waals surface area contributed by atoms with Crippen LogP contribution >= 0.6 is 11.3 Å². The quantitative estimate of drug-likeness (QED) is 0.321. The van der Waals surface area contributed by atoms with Crippen molar-refractivity contribution in [3.8, 4) is 22.6 Å². The minimum Gasteiger partial charge on any atom is -0.466 e. The number of carbonyl (C=O) groups excluding carboxylic acids is 2. The molecule has 12 heteroatoms. The van der Waals surface area contributed by atoms with E-state index in [1.165, 1.54) is 11.3 Å². The highest BCUT2D eigenvalue weighted by atomic mass is 32.1. The molecular formula is C27H30N8O3S. The van der Waals surface area contributed by atoms with Crippen LogP contribution in [0, 0.1) is 5.41 Å². The van der Waals surface area contributed by atoms with Crippen LogP contribution in [0.3, 0.4) is 0 Å².